The molecule has 52 heavy (non-hydrogen) atoms. The van der Waals surface area contributed by atoms with Gasteiger partial charge in [-0.15, -0.1) is 18.9 Å². The highest BCUT2D eigenvalue weighted by Crippen LogP contribution is 2.51. The second-order valence-corrected chi connectivity index (χ2v) is 20.2. The Balaban J connectivity index is 1.94. The zero-order valence-corrected chi connectivity index (χ0v) is 33.3. The second kappa shape index (κ2) is 17.2. The molecular formula is C39H63N5O7S. The van der Waals surface area contributed by atoms with Gasteiger partial charge in [-0.2, -0.15) is 0 Å². The van der Waals surface area contributed by atoms with E-state index in [2.05, 4.69) is 40.7 Å². The fourth-order valence-electron chi connectivity index (χ4n) is 8.08. The summed E-state index contributed by atoms with van der Waals surface area (Å²) in [5.74, 6) is -0.374. The van der Waals surface area contributed by atoms with Gasteiger partial charge in [-0.3, -0.25) is 19.2 Å². The van der Waals surface area contributed by atoms with Crippen molar-refractivity contribution in [3.63, 3.8) is 0 Å². The lowest BCUT2D eigenvalue weighted by atomic mass is 9.67. The van der Waals surface area contributed by atoms with Crippen LogP contribution < -0.4 is 21.3 Å². The van der Waals surface area contributed by atoms with E-state index in [1.807, 2.05) is 20.8 Å². The molecule has 13 heteroatoms. The third-order valence-corrected chi connectivity index (χ3v) is 14.3. The SMILES string of the molecule is C#CCCC(NC(=O)[C@@H]1CC2(CCCC2)C(C)CN1C(=O)[C@@H](NC(=O)NC1(CS(=O)(=O)C(C)(C)C)CCCCC1)C(C)(C)C)C(=O)C(=O)NCC=C. The number of carbonyl (C=O) groups excluding carboxylic acids is 5. The van der Waals surface area contributed by atoms with Crippen LogP contribution >= 0.6 is 0 Å². The fraction of sp³-hybridized carbons (Fsp3) is 0.769. The van der Waals surface area contributed by atoms with Gasteiger partial charge in [0.1, 0.15) is 12.1 Å². The van der Waals surface area contributed by atoms with Crippen LogP contribution in [0.1, 0.15) is 126 Å². The normalized spacial score (nSPS) is 22.7. The van der Waals surface area contributed by atoms with Crippen molar-refractivity contribution in [2.75, 3.05) is 18.8 Å². The molecule has 3 aliphatic rings. The Bertz CT molecular complexity index is 1490. The van der Waals surface area contributed by atoms with Crippen molar-refractivity contribution in [3.8, 4) is 12.3 Å². The van der Waals surface area contributed by atoms with Crippen LogP contribution in [0.15, 0.2) is 12.7 Å². The van der Waals surface area contributed by atoms with Crippen molar-refractivity contribution in [1.82, 2.24) is 26.2 Å². The number of rotatable bonds is 13. The maximum absolute atomic E-state index is 14.7. The van der Waals surface area contributed by atoms with Crippen LogP contribution in [0.2, 0.25) is 0 Å². The first-order chi connectivity index (χ1) is 24.1. The molecule has 2 unspecified atom stereocenters. The number of sulfone groups is 1. The first kappa shape index (κ1) is 43.0. The Morgan fingerprint density at radius 2 is 1.56 bits per heavy atom. The quantitative estimate of drug-likeness (QED) is 0.125. The van der Waals surface area contributed by atoms with Crippen molar-refractivity contribution in [2.24, 2.45) is 16.7 Å². The van der Waals surface area contributed by atoms with Crippen LogP contribution in [0.5, 0.6) is 0 Å². The van der Waals surface area contributed by atoms with Crippen LogP contribution in [0.3, 0.4) is 0 Å². The molecule has 1 saturated heterocycles. The van der Waals surface area contributed by atoms with E-state index < -0.39 is 73.2 Å². The lowest BCUT2D eigenvalue weighted by Crippen LogP contribution is -2.66. The van der Waals surface area contributed by atoms with E-state index >= 15 is 0 Å². The summed E-state index contributed by atoms with van der Waals surface area (Å²) in [6.07, 6.45) is 14.8. The monoisotopic (exact) mass is 745 g/mol. The van der Waals surface area contributed by atoms with E-state index in [1.54, 1.807) is 20.8 Å². The Labute approximate surface area is 311 Å². The average Bonchev–Trinajstić information content (AvgIpc) is 3.53. The minimum absolute atomic E-state index is 0.0455. The number of ketones is 1. The number of urea groups is 1. The van der Waals surface area contributed by atoms with Crippen LogP contribution in [0.4, 0.5) is 4.79 Å². The topological polar surface area (TPSA) is 171 Å². The third-order valence-electron chi connectivity index (χ3n) is 11.5. The summed E-state index contributed by atoms with van der Waals surface area (Å²) in [5, 5.41) is 11.1. The van der Waals surface area contributed by atoms with Crippen LogP contribution in [0, 0.1) is 29.1 Å². The van der Waals surface area contributed by atoms with E-state index in [4.69, 9.17) is 6.42 Å². The number of nitrogens with zero attached hydrogens (tertiary/aromatic N) is 1. The number of carbonyl (C=O) groups is 5. The van der Waals surface area contributed by atoms with Crippen molar-refractivity contribution < 1.29 is 32.4 Å². The molecule has 1 aliphatic heterocycles. The van der Waals surface area contributed by atoms with Crippen molar-refractivity contribution in [1.29, 1.82) is 0 Å². The molecule has 292 valence electrons. The summed E-state index contributed by atoms with van der Waals surface area (Å²) in [6.45, 7) is 16.4. The van der Waals surface area contributed by atoms with Gasteiger partial charge in [-0.1, -0.05) is 65.9 Å². The van der Waals surface area contributed by atoms with E-state index in [-0.39, 0.29) is 43.0 Å². The van der Waals surface area contributed by atoms with Crippen LogP contribution in [0.25, 0.3) is 0 Å². The van der Waals surface area contributed by atoms with E-state index in [0.29, 0.717) is 19.3 Å². The number of likely N-dealkylation sites (tertiary alicyclic amines) is 1. The molecule has 0 radical (unpaired) electrons. The third kappa shape index (κ3) is 10.4. The molecule has 3 fully saturated rings. The van der Waals surface area contributed by atoms with Gasteiger partial charge in [0, 0.05) is 19.5 Å². The largest absolute Gasteiger partial charge is 0.346 e. The van der Waals surface area contributed by atoms with Crippen LogP contribution in [-0.2, 0) is 29.0 Å². The number of piperidine rings is 1. The molecule has 0 aromatic heterocycles. The molecule has 1 heterocycles. The molecule has 2 aliphatic carbocycles. The van der Waals surface area contributed by atoms with E-state index in [1.165, 1.54) is 11.0 Å². The second-order valence-electron chi connectivity index (χ2n) is 17.5. The summed E-state index contributed by atoms with van der Waals surface area (Å²) in [4.78, 5) is 70.2. The molecule has 0 bridgehead atoms. The number of terminal acetylenes is 1. The van der Waals surface area contributed by atoms with Gasteiger partial charge in [0.2, 0.25) is 17.6 Å². The summed E-state index contributed by atoms with van der Waals surface area (Å²) in [6, 6.07) is -3.86. The first-order valence-corrected chi connectivity index (χ1v) is 20.6. The number of hydrogen-bond acceptors (Lipinski definition) is 7. The molecule has 0 aromatic carbocycles. The molecule has 2 saturated carbocycles. The van der Waals surface area contributed by atoms with Gasteiger partial charge in [0.05, 0.1) is 22.1 Å². The summed E-state index contributed by atoms with van der Waals surface area (Å²) < 4.78 is 25.7. The van der Waals surface area contributed by atoms with Gasteiger partial charge in [0.25, 0.3) is 5.91 Å². The Morgan fingerprint density at radius 3 is 2.10 bits per heavy atom. The Kier molecular flexibility index (Phi) is 14.2. The first-order valence-electron chi connectivity index (χ1n) is 18.9. The van der Waals surface area contributed by atoms with Gasteiger partial charge >= 0.3 is 6.03 Å². The van der Waals surface area contributed by atoms with Crippen molar-refractivity contribution in [2.45, 2.75) is 154 Å². The van der Waals surface area contributed by atoms with Gasteiger partial charge < -0.3 is 26.2 Å². The highest BCUT2D eigenvalue weighted by molar-refractivity contribution is 7.92. The summed E-state index contributed by atoms with van der Waals surface area (Å²) >= 11 is 0. The Morgan fingerprint density at radius 1 is 0.962 bits per heavy atom. The molecule has 4 N–H and O–H groups in total. The maximum atomic E-state index is 14.7. The molecule has 5 amide bonds. The standard InChI is InChI=1S/C39H63N5O7S/c1-10-12-18-28(30(45)33(47)40-23-11-2)41-32(46)29-24-38(19-16-17-20-38)27(3)25-44(29)34(48)31(36(4,5)6)42-35(49)43-39(21-14-13-15-22-39)26-52(50,51)37(7,8)9/h1,11,27-29,31H,2,12-26H2,3-9H3,(H,40,47)(H,41,46)(H2,42,43,49)/t27?,28?,29-,31+/m0/s1. The van der Waals surface area contributed by atoms with Crippen molar-refractivity contribution in [3.05, 3.63) is 12.7 Å². The minimum atomic E-state index is -3.58. The molecule has 1 spiro atoms. The fourth-order valence-corrected chi connectivity index (χ4v) is 9.60. The maximum Gasteiger partial charge on any atom is 0.315 e. The molecule has 12 nitrogen and oxygen atoms in total. The lowest BCUT2D eigenvalue weighted by Gasteiger charge is -2.50. The van der Waals surface area contributed by atoms with Crippen LogP contribution in [-0.4, -0.2) is 90.1 Å². The van der Waals surface area contributed by atoms with Crippen molar-refractivity contribution >= 4 is 39.4 Å². The number of nitrogens with one attached hydrogen (secondary N) is 4. The molecule has 3 rings (SSSR count). The highest BCUT2D eigenvalue weighted by atomic mass is 32.2. The summed E-state index contributed by atoms with van der Waals surface area (Å²) in [7, 11) is -3.58. The number of amides is 5. The smallest absolute Gasteiger partial charge is 0.315 e. The predicted octanol–water partition coefficient (Wildman–Crippen LogP) is 4.18. The lowest BCUT2D eigenvalue weighted by molar-refractivity contribution is -0.152. The molecule has 0 aromatic rings. The highest BCUT2D eigenvalue weighted by Gasteiger charge is 2.52. The minimum Gasteiger partial charge on any atom is -0.346 e. The molecular weight excluding hydrogens is 683 g/mol. The Hall–Kier alpha value is -3.40. The summed E-state index contributed by atoms with van der Waals surface area (Å²) in [5.41, 5.74) is -1.95. The number of Topliss-reactive ketones (excluding diaryl/α,β-unsaturated/α-hetero) is 1. The zero-order valence-electron chi connectivity index (χ0n) is 32.5. The van der Waals surface area contributed by atoms with Gasteiger partial charge in [0.15, 0.2) is 9.84 Å². The number of hydrogen-bond donors (Lipinski definition) is 4. The molecule has 4 atom stereocenters. The predicted molar refractivity (Wildman–Crippen MR) is 203 cm³/mol. The van der Waals surface area contributed by atoms with E-state index in [9.17, 15) is 32.4 Å². The zero-order chi connectivity index (χ0) is 39.1. The van der Waals surface area contributed by atoms with E-state index in [0.717, 1.165) is 44.9 Å². The van der Waals surface area contributed by atoms with Gasteiger partial charge in [-0.25, -0.2) is 13.2 Å². The average molecular weight is 746 g/mol. The van der Waals surface area contributed by atoms with Gasteiger partial charge in [-0.05, 0) is 76.0 Å².